The van der Waals surface area contributed by atoms with Crippen molar-refractivity contribution in [2.75, 3.05) is 6.54 Å². The van der Waals surface area contributed by atoms with Gasteiger partial charge in [-0.2, -0.15) is 0 Å². The Hall–Kier alpha value is -0.0400. The lowest BCUT2D eigenvalue weighted by molar-refractivity contribution is 0.0653. The van der Waals surface area contributed by atoms with Crippen LogP contribution in [-0.2, 0) is 0 Å². The van der Waals surface area contributed by atoms with E-state index in [9.17, 15) is 0 Å². The Morgan fingerprint density at radius 2 is 2.00 bits per heavy atom. The van der Waals surface area contributed by atoms with Crippen LogP contribution in [0.15, 0.2) is 0 Å². The Labute approximate surface area is 105 Å². The van der Waals surface area contributed by atoms with Crippen molar-refractivity contribution in [3.8, 4) is 0 Å². The van der Waals surface area contributed by atoms with E-state index in [2.05, 4.69) is 19.2 Å². The van der Waals surface area contributed by atoms with Gasteiger partial charge in [-0.1, -0.05) is 20.3 Å². The molecule has 17 heavy (non-hydrogen) atoms. The summed E-state index contributed by atoms with van der Waals surface area (Å²) in [6.45, 7) is 6.26. The molecule has 6 saturated carbocycles. The molecule has 1 nitrogen and oxygen atoms in total. The predicted molar refractivity (Wildman–Crippen MR) is 68.5 cm³/mol. The van der Waals surface area contributed by atoms with Gasteiger partial charge in [-0.25, -0.2) is 0 Å². The van der Waals surface area contributed by atoms with E-state index in [-0.39, 0.29) is 0 Å². The average molecular weight is 231 g/mol. The van der Waals surface area contributed by atoms with Gasteiger partial charge >= 0.3 is 0 Å². The van der Waals surface area contributed by atoms with Crippen molar-refractivity contribution in [3.63, 3.8) is 0 Å². The van der Waals surface area contributed by atoms with Crippen molar-refractivity contribution in [1.82, 2.24) is 5.32 Å². The topological polar surface area (TPSA) is 12.0 Å². The predicted octanol–water partition coefficient (Wildman–Crippen LogP) is 2.91. The molecular weight excluding hydrogens is 206 g/mol. The molecule has 2 unspecified atom stereocenters. The van der Waals surface area contributed by atoms with Crippen LogP contribution >= 0.6 is 0 Å². The summed E-state index contributed by atoms with van der Waals surface area (Å²) in [6, 6.07) is 0.913. The van der Waals surface area contributed by atoms with Gasteiger partial charge in [-0.3, -0.25) is 0 Å². The molecule has 0 spiro atoms. The van der Waals surface area contributed by atoms with Crippen LogP contribution in [-0.4, -0.2) is 12.6 Å². The van der Waals surface area contributed by atoms with E-state index < -0.39 is 0 Å². The standard InChI is InChI=1S/C16H25N/c1-3-4-5-17-15-13-10-6-8-9-7-11(12(8)13)16(15,2)14(9)10/h8-15,17H,3-7H2,1-2H3/t8-,9-,10?,11+,12-,13-,14?,15+,16+/m0/s1. The fourth-order valence-electron chi connectivity index (χ4n) is 7.92. The largest absolute Gasteiger partial charge is 0.313 e. The van der Waals surface area contributed by atoms with Crippen LogP contribution in [0.4, 0.5) is 0 Å². The summed E-state index contributed by atoms with van der Waals surface area (Å²) in [5.74, 6) is 8.06. The zero-order valence-electron chi connectivity index (χ0n) is 11.2. The second kappa shape index (κ2) is 2.76. The van der Waals surface area contributed by atoms with E-state index in [1.54, 1.807) is 12.8 Å². The number of nitrogens with one attached hydrogen (secondary N) is 1. The third-order valence-electron chi connectivity index (χ3n) is 7.91. The summed E-state index contributed by atoms with van der Waals surface area (Å²) < 4.78 is 0. The molecule has 0 aliphatic heterocycles. The Morgan fingerprint density at radius 1 is 1.12 bits per heavy atom. The van der Waals surface area contributed by atoms with E-state index in [1.165, 1.54) is 37.1 Å². The molecule has 0 aromatic rings. The highest BCUT2D eigenvalue weighted by Gasteiger charge is 2.84. The first kappa shape index (κ1) is 9.83. The molecule has 0 heterocycles. The minimum absolute atomic E-state index is 0.728. The van der Waals surface area contributed by atoms with Gasteiger partial charge in [0.2, 0.25) is 0 Å². The lowest BCUT2D eigenvalue weighted by atomic mass is 9.64. The van der Waals surface area contributed by atoms with Gasteiger partial charge in [0.15, 0.2) is 0 Å². The first-order valence-corrected chi connectivity index (χ1v) is 8.02. The van der Waals surface area contributed by atoms with Crippen LogP contribution in [0, 0.1) is 46.8 Å². The summed E-state index contributed by atoms with van der Waals surface area (Å²) in [7, 11) is 0. The molecule has 6 fully saturated rings. The van der Waals surface area contributed by atoms with E-state index in [0.717, 1.165) is 35.1 Å². The molecule has 6 rings (SSSR count). The zero-order chi connectivity index (χ0) is 11.4. The maximum absolute atomic E-state index is 4.00. The summed E-state index contributed by atoms with van der Waals surface area (Å²) in [6.07, 6.45) is 5.96. The van der Waals surface area contributed by atoms with E-state index in [4.69, 9.17) is 0 Å². The third-order valence-corrected chi connectivity index (χ3v) is 7.91. The quantitative estimate of drug-likeness (QED) is 0.734. The van der Waals surface area contributed by atoms with E-state index >= 15 is 0 Å². The first-order chi connectivity index (χ1) is 8.28. The molecule has 1 heteroatoms. The van der Waals surface area contributed by atoms with Crippen LogP contribution < -0.4 is 5.32 Å². The fourth-order valence-corrected chi connectivity index (χ4v) is 7.92. The minimum atomic E-state index is 0.728. The molecule has 6 aliphatic rings. The van der Waals surface area contributed by atoms with Gasteiger partial charge in [0.1, 0.15) is 0 Å². The molecule has 0 aromatic carbocycles. The molecule has 6 bridgehead atoms. The Bertz CT molecular complexity index is 378. The monoisotopic (exact) mass is 231 g/mol. The zero-order valence-corrected chi connectivity index (χ0v) is 11.2. The van der Waals surface area contributed by atoms with Gasteiger partial charge in [-0.15, -0.1) is 0 Å². The smallest absolute Gasteiger partial charge is 0.0160 e. The van der Waals surface area contributed by atoms with Crippen molar-refractivity contribution in [3.05, 3.63) is 0 Å². The minimum Gasteiger partial charge on any atom is -0.313 e. The fraction of sp³-hybridized carbons (Fsp3) is 1.00. The van der Waals surface area contributed by atoms with Crippen molar-refractivity contribution in [2.24, 2.45) is 46.8 Å². The Morgan fingerprint density at radius 3 is 2.76 bits per heavy atom. The van der Waals surface area contributed by atoms with Crippen molar-refractivity contribution in [1.29, 1.82) is 0 Å². The average Bonchev–Trinajstić information content (AvgIpc) is 2.97. The molecule has 6 aliphatic carbocycles. The maximum atomic E-state index is 4.00. The van der Waals surface area contributed by atoms with Crippen molar-refractivity contribution >= 4 is 0 Å². The second-order valence-corrected chi connectivity index (χ2v) is 7.90. The maximum Gasteiger partial charge on any atom is 0.0160 e. The third kappa shape index (κ3) is 0.785. The Kier molecular flexibility index (Phi) is 1.60. The van der Waals surface area contributed by atoms with Crippen LogP contribution in [0.5, 0.6) is 0 Å². The van der Waals surface area contributed by atoms with Crippen LogP contribution in [0.1, 0.15) is 39.5 Å². The summed E-state index contributed by atoms with van der Waals surface area (Å²) in [4.78, 5) is 0. The molecule has 1 N–H and O–H groups in total. The molecule has 0 amide bonds. The normalized spacial score (nSPS) is 68.1. The lowest BCUT2D eigenvalue weighted by Crippen LogP contribution is -2.43. The second-order valence-electron chi connectivity index (χ2n) is 7.90. The van der Waals surface area contributed by atoms with Gasteiger partial charge in [0.05, 0.1) is 0 Å². The van der Waals surface area contributed by atoms with Crippen LogP contribution in [0.25, 0.3) is 0 Å². The molecular formula is C16H25N. The highest BCUT2D eigenvalue weighted by atomic mass is 15.0. The number of rotatable bonds is 4. The van der Waals surface area contributed by atoms with Gasteiger partial charge < -0.3 is 5.32 Å². The lowest BCUT2D eigenvalue weighted by Gasteiger charge is -2.40. The summed E-state index contributed by atoms with van der Waals surface area (Å²) >= 11 is 0. The van der Waals surface area contributed by atoms with Gasteiger partial charge in [0, 0.05) is 6.04 Å². The Balaban J connectivity index is 1.50. The SMILES string of the molecule is CCCCN[C@@H]1[C@H]2C3C[C@@H]4[C@H]2[C@H]2C[C@@H]4C3[C@@]21C. The molecule has 9 atom stereocenters. The first-order valence-electron chi connectivity index (χ1n) is 8.02. The van der Waals surface area contributed by atoms with Gasteiger partial charge in [0.25, 0.3) is 0 Å². The summed E-state index contributed by atoms with van der Waals surface area (Å²) in [5, 5.41) is 4.00. The van der Waals surface area contributed by atoms with Crippen LogP contribution in [0.3, 0.4) is 0 Å². The van der Waals surface area contributed by atoms with Crippen molar-refractivity contribution in [2.45, 2.75) is 45.6 Å². The van der Waals surface area contributed by atoms with E-state index in [1.807, 2.05) is 0 Å². The molecule has 0 saturated heterocycles. The van der Waals surface area contributed by atoms with Crippen LogP contribution in [0.2, 0.25) is 0 Å². The molecule has 94 valence electrons. The van der Waals surface area contributed by atoms with Crippen molar-refractivity contribution < 1.29 is 0 Å². The summed E-state index contributed by atoms with van der Waals surface area (Å²) in [5.41, 5.74) is 0.728. The number of unbranched alkanes of at least 4 members (excludes halogenated alkanes) is 1. The molecule has 0 radical (unpaired) electrons. The highest BCUT2D eigenvalue weighted by Crippen LogP contribution is 2.86. The number of hydrogen-bond acceptors (Lipinski definition) is 1. The van der Waals surface area contributed by atoms with E-state index in [0.29, 0.717) is 0 Å². The number of hydrogen-bond donors (Lipinski definition) is 1. The molecule has 0 aromatic heterocycles. The highest BCUT2D eigenvalue weighted by molar-refractivity contribution is 5.33. The van der Waals surface area contributed by atoms with Gasteiger partial charge in [-0.05, 0) is 72.6 Å².